The highest BCUT2D eigenvalue weighted by atomic mass is 19.4. The number of aryl methyl sites for hydroxylation is 1. The molecule has 0 radical (unpaired) electrons. The van der Waals surface area contributed by atoms with Gasteiger partial charge >= 0.3 is 6.18 Å². The van der Waals surface area contributed by atoms with Gasteiger partial charge in [-0.05, 0) is 54.4 Å². The first-order valence-corrected chi connectivity index (χ1v) is 10.9. The second-order valence-electron chi connectivity index (χ2n) is 8.37. The highest BCUT2D eigenvalue weighted by Crippen LogP contribution is 2.29. The predicted molar refractivity (Wildman–Crippen MR) is 128 cm³/mol. The maximum absolute atomic E-state index is 13.7. The summed E-state index contributed by atoms with van der Waals surface area (Å²) in [5.41, 5.74) is 8.29. The van der Waals surface area contributed by atoms with Gasteiger partial charge in [0, 0.05) is 42.1 Å². The predicted octanol–water partition coefficient (Wildman–Crippen LogP) is 4.65. The Morgan fingerprint density at radius 3 is 2.64 bits per heavy atom. The number of halogens is 3. The van der Waals surface area contributed by atoms with Gasteiger partial charge in [-0.3, -0.25) is 9.78 Å². The second kappa shape index (κ2) is 8.91. The molecule has 0 atom stereocenters. The average Bonchev–Trinajstić information content (AvgIpc) is 3.33. The van der Waals surface area contributed by atoms with Crippen LogP contribution in [0.2, 0.25) is 0 Å². The standard InChI is InChI=1S/C25H20F3N7O/c1-14-8-16-9-17(10-33-22(16)34-21(14)29)24(36)35(12-15-4-6-30-23-20(15)5-7-31-23)13-19-3-2-18(11-32-19)25(26,27)28/h2-11H,12-13H2,1H3,(H,30,31)(H2,29,33,34). The Morgan fingerprint density at radius 1 is 1.06 bits per heavy atom. The molecule has 0 bridgehead atoms. The van der Waals surface area contributed by atoms with Crippen LogP contribution in [0.3, 0.4) is 0 Å². The van der Waals surface area contributed by atoms with Crippen LogP contribution in [0.15, 0.2) is 61.2 Å². The van der Waals surface area contributed by atoms with Gasteiger partial charge in [0.15, 0.2) is 5.65 Å². The number of nitrogens with two attached hydrogens (primary N) is 1. The molecule has 0 saturated heterocycles. The summed E-state index contributed by atoms with van der Waals surface area (Å²) < 4.78 is 39.0. The lowest BCUT2D eigenvalue weighted by molar-refractivity contribution is -0.137. The van der Waals surface area contributed by atoms with E-state index in [0.29, 0.717) is 33.8 Å². The van der Waals surface area contributed by atoms with Gasteiger partial charge in [-0.25, -0.2) is 15.0 Å². The highest BCUT2D eigenvalue weighted by molar-refractivity contribution is 5.97. The number of aromatic nitrogens is 5. The molecule has 0 aliphatic rings. The van der Waals surface area contributed by atoms with Crippen LogP contribution in [0.5, 0.6) is 0 Å². The molecule has 0 aliphatic heterocycles. The number of amides is 1. The van der Waals surface area contributed by atoms with Crippen LogP contribution in [0.4, 0.5) is 19.0 Å². The summed E-state index contributed by atoms with van der Waals surface area (Å²) in [7, 11) is 0. The summed E-state index contributed by atoms with van der Waals surface area (Å²) in [6.45, 7) is 1.97. The van der Waals surface area contributed by atoms with Crippen molar-refractivity contribution in [3.8, 4) is 0 Å². The number of fused-ring (bicyclic) bond motifs is 2. The third kappa shape index (κ3) is 4.54. The Labute approximate surface area is 203 Å². The largest absolute Gasteiger partial charge is 0.417 e. The lowest BCUT2D eigenvalue weighted by Crippen LogP contribution is -2.30. The number of nitrogens with zero attached hydrogens (tertiary/aromatic N) is 5. The van der Waals surface area contributed by atoms with Crippen molar-refractivity contribution in [2.75, 3.05) is 5.73 Å². The molecule has 0 aliphatic carbocycles. The molecule has 5 aromatic rings. The van der Waals surface area contributed by atoms with Crippen molar-refractivity contribution >= 4 is 33.8 Å². The first-order valence-electron chi connectivity index (χ1n) is 10.9. The maximum atomic E-state index is 13.7. The maximum Gasteiger partial charge on any atom is 0.417 e. The molecule has 3 N–H and O–H groups in total. The molecular weight excluding hydrogens is 471 g/mol. The SMILES string of the molecule is Cc1cc2cc(C(=O)N(Cc3ccc(C(F)(F)F)cn3)Cc3ccnc4[nH]ccc34)cnc2nc1N. The quantitative estimate of drug-likeness (QED) is 0.370. The van der Waals surface area contributed by atoms with Crippen molar-refractivity contribution in [1.82, 2.24) is 29.8 Å². The van der Waals surface area contributed by atoms with Crippen LogP contribution >= 0.6 is 0 Å². The fourth-order valence-corrected chi connectivity index (χ4v) is 3.93. The minimum Gasteiger partial charge on any atom is -0.383 e. The van der Waals surface area contributed by atoms with Crippen LogP contribution in [0, 0.1) is 6.92 Å². The zero-order valence-corrected chi connectivity index (χ0v) is 19.0. The summed E-state index contributed by atoms with van der Waals surface area (Å²) in [4.78, 5) is 35.0. The third-order valence-corrected chi connectivity index (χ3v) is 5.85. The molecule has 5 heterocycles. The first kappa shape index (κ1) is 23.2. The van der Waals surface area contributed by atoms with Crippen molar-refractivity contribution in [3.63, 3.8) is 0 Å². The molecule has 36 heavy (non-hydrogen) atoms. The number of hydrogen-bond acceptors (Lipinski definition) is 6. The summed E-state index contributed by atoms with van der Waals surface area (Å²) in [5.74, 6) is -0.00152. The average molecular weight is 491 g/mol. The van der Waals surface area contributed by atoms with Gasteiger partial charge in [0.25, 0.3) is 5.91 Å². The van der Waals surface area contributed by atoms with Crippen molar-refractivity contribution in [2.24, 2.45) is 0 Å². The molecule has 182 valence electrons. The molecule has 0 unspecified atom stereocenters. The van der Waals surface area contributed by atoms with Crippen molar-refractivity contribution < 1.29 is 18.0 Å². The lowest BCUT2D eigenvalue weighted by Gasteiger charge is -2.23. The van der Waals surface area contributed by atoms with Crippen LogP contribution in [-0.4, -0.2) is 35.7 Å². The van der Waals surface area contributed by atoms with Gasteiger partial charge in [-0.1, -0.05) is 0 Å². The monoisotopic (exact) mass is 491 g/mol. The molecule has 5 rings (SSSR count). The van der Waals surface area contributed by atoms with Crippen molar-refractivity contribution in [1.29, 1.82) is 0 Å². The second-order valence-corrected chi connectivity index (χ2v) is 8.37. The number of aromatic amines is 1. The van der Waals surface area contributed by atoms with Crippen LogP contribution in [0.25, 0.3) is 22.1 Å². The molecule has 8 nitrogen and oxygen atoms in total. The highest BCUT2D eigenvalue weighted by Gasteiger charge is 2.31. The van der Waals surface area contributed by atoms with E-state index in [-0.39, 0.29) is 19.0 Å². The van der Waals surface area contributed by atoms with Crippen molar-refractivity contribution in [2.45, 2.75) is 26.2 Å². The van der Waals surface area contributed by atoms with Gasteiger partial charge in [-0.2, -0.15) is 13.2 Å². The van der Waals surface area contributed by atoms with Gasteiger partial charge in [-0.15, -0.1) is 0 Å². The number of alkyl halides is 3. The Bertz CT molecular complexity index is 1580. The number of H-pyrrole nitrogens is 1. The van der Waals surface area contributed by atoms with E-state index in [1.54, 1.807) is 30.6 Å². The zero-order valence-electron chi connectivity index (χ0n) is 19.0. The minimum atomic E-state index is -4.50. The summed E-state index contributed by atoms with van der Waals surface area (Å²) >= 11 is 0. The van der Waals surface area contributed by atoms with Gasteiger partial charge in [0.05, 0.1) is 23.4 Å². The van der Waals surface area contributed by atoms with Crippen LogP contribution in [0.1, 0.15) is 32.7 Å². The first-order chi connectivity index (χ1) is 17.2. The molecule has 0 spiro atoms. The molecule has 0 aromatic carbocycles. The van der Waals surface area contributed by atoms with E-state index in [0.717, 1.165) is 28.8 Å². The number of carbonyl (C=O) groups excluding carboxylic acids is 1. The fourth-order valence-electron chi connectivity index (χ4n) is 3.93. The van der Waals surface area contributed by atoms with Gasteiger partial charge in [0.2, 0.25) is 0 Å². The normalized spacial score (nSPS) is 11.8. The summed E-state index contributed by atoms with van der Waals surface area (Å²) in [6, 6.07) is 9.36. The topological polar surface area (TPSA) is 114 Å². The number of pyridine rings is 4. The number of rotatable bonds is 5. The van der Waals surface area contributed by atoms with E-state index in [9.17, 15) is 18.0 Å². The molecular formula is C25H20F3N7O. The Balaban J connectivity index is 1.51. The molecule has 1 amide bonds. The van der Waals surface area contributed by atoms with Gasteiger partial charge in [0.1, 0.15) is 11.5 Å². The third-order valence-electron chi connectivity index (χ3n) is 5.85. The number of nitrogens with one attached hydrogen (secondary N) is 1. The Kier molecular flexibility index (Phi) is 5.75. The summed E-state index contributed by atoms with van der Waals surface area (Å²) in [5, 5.41) is 1.49. The van der Waals surface area contributed by atoms with Crippen LogP contribution < -0.4 is 5.73 Å². The Morgan fingerprint density at radius 2 is 1.89 bits per heavy atom. The van der Waals surface area contributed by atoms with Crippen molar-refractivity contribution in [3.05, 3.63) is 89.1 Å². The van der Waals surface area contributed by atoms with Crippen LogP contribution in [-0.2, 0) is 19.3 Å². The number of anilines is 1. The van der Waals surface area contributed by atoms with Gasteiger partial charge < -0.3 is 15.6 Å². The van der Waals surface area contributed by atoms with E-state index >= 15 is 0 Å². The minimum absolute atomic E-state index is 0.0116. The molecule has 11 heteroatoms. The van der Waals surface area contributed by atoms with E-state index in [1.807, 2.05) is 13.0 Å². The molecule has 0 fully saturated rings. The molecule has 0 saturated carbocycles. The van der Waals surface area contributed by atoms with E-state index < -0.39 is 11.7 Å². The number of carbonyl (C=O) groups is 1. The number of hydrogen-bond donors (Lipinski definition) is 2. The summed E-state index contributed by atoms with van der Waals surface area (Å²) in [6.07, 6.45) is 1.07. The fraction of sp³-hybridized carbons (Fsp3) is 0.160. The zero-order chi connectivity index (χ0) is 25.4. The number of nitrogen functional groups attached to an aromatic ring is 1. The van der Waals surface area contributed by atoms with E-state index in [4.69, 9.17) is 5.73 Å². The van der Waals surface area contributed by atoms with E-state index in [2.05, 4.69) is 24.9 Å². The smallest absolute Gasteiger partial charge is 0.383 e. The molecule has 5 aromatic heterocycles. The Hall–Kier alpha value is -4.54. The lowest BCUT2D eigenvalue weighted by atomic mass is 10.1. The van der Waals surface area contributed by atoms with E-state index in [1.165, 1.54) is 17.2 Å².